The van der Waals surface area contributed by atoms with Gasteiger partial charge in [0.2, 0.25) is 0 Å². The summed E-state index contributed by atoms with van der Waals surface area (Å²) in [5.74, 6) is 0.462. The van der Waals surface area contributed by atoms with E-state index in [4.69, 9.17) is 9.15 Å². The molecule has 0 aliphatic carbocycles. The van der Waals surface area contributed by atoms with Crippen LogP contribution in [0.3, 0.4) is 0 Å². The van der Waals surface area contributed by atoms with E-state index in [1.54, 1.807) is 18.4 Å². The Morgan fingerprint density at radius 1 is 1.19 bits per heavy atom. The molecule has 0 spiro atoms. The van der Waals surface area contributed by atoms with Crippen LogP contribution in [0, 0.1) is 0 Å². The van der Waals surface area contributed by atoms with Crippen LogP contribution in [0.15, 0.2) is 22.8 Å². The summed E-state index contributed by atoms with van der Waals surface area (Å²) in [6, 6.07) is 4.07. The average Bonchev–Trinajstić information content (AvgIpc) is 3.00. The van der Waals surface area contributed by atoms with E-state index in [2.05, 4.69) is 18.7 Å². The van der Waals surface area contributed by atoms with Gasteiger partial charge in [0.25, 0.3) is 5.91 Å². The number of carbonyl (C=O) groups excluding carboxylic acids is 1. The highest BCUT2D eigenvalue weighted by molar-refractivity contribution is 5.91. The molecule has 116 valence electrons. The lowest BCUT2D eigenvalue weighted by atomic mass is 10.0. The minimum Gasteiger partial charge on any atom is -0.459 e. The van der Waals surface area contributed by atoms with Gasteiger partial charge in [0.15, 0.2) is 5.76 Å². The van der Waals surface area contributed by atoms with Gasteiger partial charge in [-0.25, -0.2) is 0 Å². The molecular weight excluding hydrogens is 268 g/mol. The van der Waals surface area contributed by atoms with Gasteiger partial charge in [-0.15, -0.1) is 0 Å². The lowest BCUT2D eigenvalue weighted by molar-refractivity contribution is -0.0856. The van der Waals surface area contributed by atoms with Gasteiger partial charge in [0.05, 0.1) is 18.5 Å². The average molecular weight is 292 g/mol. The molecule has 0 N–H and O–H groups in total. The molecule has 3 rings (SSSR count). The molecule has 0 radical (unpaired) electrons. The Labute approximate surface area is 125 Å². The molecule has 0 saturated carbocycles. The Morgan fingerprint density at radius 3 is 2.43 bits per heavy atom. The molecule has 0 bridgehead atoms. The second-order valence-electron chi connectivity index (χ2n) is 6.21. The fourth-order valence-electron chi connectivity index (χ4n) is 3.51. The van der Waals surface area contributed by atoms with E-state index in [1.807, 2.05) is 4.90 Å². The van der Waals surface area contributed by atoms with Crippen molar-refractivity contribution in [1.29, 1.82) is 0 Å². The SMILES string of the molecule is C[C@@H]1CN(C2CCN(C(=O)c3ccco3)CC2)C[C@@H](C)O1. The van der Waals surface area contributed by atoms with E-state index in [0.29, 0.717) is 24.0 Å². The lowest BCUT2D eigenvalue weighted by Gasteiger charge is -2.43. The zero-order valence-electron chi connectivity index (χ0n) is 12.8. The summed E-state index contributed by atoms with van der Waals surface area (Å²) in [6.07, 6.45) is 4.22. The molecule has 2 atom stereocenters. The first-order valence-electron chi connectivity index (χ1n) is 7.86. The van der Waals surface area contributed by atoms with Crippen LogP contribution < -0.4 is 0 Å². The van der Waals surface area contributed by atoms with Crippen LogP contribution in [0.4, 0.5) is 0 Å². The van der Waals surface area contributed by atoms with Crippen molar-refractivity contribution >= 4 is 5.91 Å². The molecule has 5 heteroatoms. The number of nitrogens with zero attached hydrogens (tertiary/aromatic N) is 2. The van der Waals surface area contributed by atoms with E-state index in [0.717, 1.165) is 39.0 Å². The summed E-state index contributed by atoms with van der Waals surface area (Å²) in [5, 5.41) is 0. The van der Waals surface area contributed by atoms with Gasteiger partial charge >= 0.3 is 0 Å². The van der Waals surface area contributed by atoms with Crippen molar-refractivity contribution in [2.24, 2.45) is 0 Å². The first-order chi connectivity index (χ1) is 10.1. The summed E-state index contributed by atoms with van der Waals surface area (Å²) in [5.41, 5.74) is 0. The molecule has 2 aliphatic heterocycles. The standard InChI is InChI=1S/C16H24N2O3/c1-12-10-18(11-13(2)21-12)14-5-7-17(8-6-14)16(19)15-4-3-9-20-15/h3-4,9,12-14H,5-8,10-11H2,1-2H3/t12-,13-/m1/s1. The summed E-state index contributed by atoms with van der Waals surface area (Å²) >= 11 is 0. The van der Waals surface area contributed by atoms with Crippen molar-refractivity contribution in [3.8, 4) is 0 Å². The van der Waals surface area contributed by atoms with Crippen LogP contribution in [-0.2, 0) is 4.74 Å². The van der Waals surface area contributed by atoms with E-state index in [-0.39, 0.29) is 5.91 Å². The Kier molecular flexibility index (Phi) is 4.31. The lowest BCUT2D eigenvalue weighted by Crippen LogP contribution is -2.53. The van der Waals surface area contributed by atoms with Gasteiger partial charge in [0.1, 0.15) is 0 Å². The van der Waals surface area contributed by atoms with Crippen LogP contribution in [0.2, 0.25) is 0 Å². The number of hydrogen-bond acceptors (Lipinski definition) is 4. The molecule has 2 saturated heterocycles. The second-order valence-corrected chi connectivity index (χ2v) is 6.21. The molecule has 1 amide bonds. The number of rotatable bonds is 2. The Morgan fingerprint density at radius 2 is 1.86 bits per heavy atom. The van der Waals surface area contributed by atoms with E-state index >= 15 is 0 Å². The molecule has 5 nitrogen and oxygen atoms in total. The van der Waals surface area contributed by atoms with E-state index in [9.17, 15) is 4.79 Å². The molecular formula is C16H24N2O3. The topological polar surface area (TPSA) is 45.9 Å². The Hall–Kier alpha value is -1.33. The highest BCUT2D eigenvalue weighted by Gasteiger charge is 2.32. The number of morpholine rings is 1. The minimum atomic E-state index is 0.0159. The third-order valence-electron chi connectivity index (χ3n) is 4.45. The Bertz CT molecular complexity index is 456. The predicted octanol–water partition coefficient (Wildman–Crippen LogP) is 1.99. The maximum atomic E-state index is 12.2. The quantitative estimate of drug-likeness (QED) is 0.836. The third-order valence-corrected chi connectivity index (χ3v) is 4.45. The molecule has 3 heterocycles. The van der Waals surface area contributed by atoms with Gasteiger partial charge in [-0.1, -0.05) is 0 Å². The van der Waals surface area contributed by atoms with E-state index in [1.165, 1.54) is 0 Å². The maximum absolute atomic E-state index is 12.2. The normalized spacial score (nSPS) is 28.8. The van der Waals surface area contributed by atoms with Gasteiger partial charge in [0, 0.05) is 32.2 Å². The number of piperidine rings is 1. The summed E-state index contributed by atoms with van der Waals surface area (Å²) in [4.78, 5) is 16.7. The minimum absolute atomic E-state index is 0.0159. The smallest absolute Gasteiger partial charge is 0.289 e. The summed E-state index contributed by atoms with van der Waals surface area (Å²) < 4.78 is 11.0. The number of likely N-dealkylation sites (tertiary alicyclic amines) is 1. The summed E-state index contributed by atoms with van der Waals surface area (Å²) in [6.45, 7) is 7.90. The third kappa shape index (κ3) is 3.30. The number of amides is 1. The largest absolute Gasteiger partial charge is 0.459 e. The monoisotopic (exact) mass is 292 g/mol. The van der Waals surface area contributed by atoms with Crippen molar-refractivity contribution in [3.05, 3.63) is 24.2 Å². The van der Waals surface area contributed by atoms with Crippen molar-refractivity contribution in [3.63, 3.8) is 0 Å². The molecule has 1 aromatic heterocycles. The van der Waals surface area contributed by atoms with Crippen LogP contribution >= 0.6 is 0 Å². The zero-order valence-corrected chi connectivity index (χ0v) is 12.8. The van der Waals surface area contributed by atoms with Gasteiger partial charge in [-0.2, -0.15) is 0 Å². The number of hydrogen-bond donors (Lipinski definition) is 0. The predicted molar refractivity (Wildman–Crippen MR) is 79.2 cm³/mol. The molecule has 0 unspecified atom stereocenters. The maximum Gasteiger partial charge on any atom is 0.289 e. The Balaban J connectivity index is 1.54. The molecule has 21 heavy (non-hydrogen) atoms. The van der Waals surface area contributed by atoms with Gasteiger partial charge < -0.3 is 14.1 Å². The van der Waals surface area contributed by atoms with Crippen LogP contribution in [0.5, 0.6) is 0 Å². The number of furan rings is 1. The first-order valence-corrected chi connectivity index (χ1v) is 7.86. The molecule has 2 fully saturated rings. The van der Waals surface area contributed by atoms with Crippen molar-refractivity contribution in [2.45, 2.75) is 44.9 Å². The fraction of sp³-hybridized carbons (Fsp3) is 0.688. The van der Waals surface area contributed by atoms with Crippen molar-refractivity contribution in [1.82, 2.24) is 9.80 Å². The van der Waals surface area contributed by atoms with Gasteiger partial charge in [-0.05, 0) is 38.8 Å². The van der Waals surface area contributed by atoms with Crippen molar-refractivity contribution in [2.75, 3.05) is 26.2 Å². The van der Waals surface area contributed by atoms with Crippen LogP contribution in [0.25, 0.3) is 0 Å². The second kappa shape index (κ2) is 6.20. The number of carbonyl (C=O) groups is 1. The summed E-state index contributed by atoms with van der Waals surface area (Å²) in [7, 11) is 0. The van der Waals surface area contributed by atoms with Crippen LogP contribution in [0.1, 0.15) is 37.2 Å². The zero-order chi connectivity index (χ0) is 14.8. The first kappa shape index (κ1) is 14.6. The van der Waals surface area contributed by atoms with Crippen LogP contribution in [-0.4, -0.2) is 60.1 Å². The fourth-order valence-corrected chi connectivity index (χ4v) is 3.51. The highest BCUT2D eigenvalue weighted by Crippen LogP contribution is 2.22. The number of ether oxygens (including phenoxy) is 1. The van der Waals surface area contributed by atoms with Gasteiger partial charge in [-0.3, -0.25) is 9.69 Å². The van der Waals surface area contributed by atoms with E-state index < -0.39 is 0 Å². The highest BCUT2D eigenvalue weighted by atomic mass is 16.5. The molecule has 1 aromatic rings. The van der Waals surface area contributed by atoms with Crippen molar-refractivity contribution < 1.29 is 13.9 Å². The molecule has 0 aromatic carbocycles. The molecule has 2 aliphatic rings.